The number of hydrogen-bond donors (Lipinski definition) is 8. The third kappa shape index (κ3) is 16.7. The first kappa shape index (κ1) is 57.9. The molecule has 15 atom stereocenters. The summed E-state index contributed by atoms with van der Waals surface area (Å²) in [5.41, 5.74) is 9.55. The van der Waals surface area contributed by atoms with Crippen LogP contribution < -0.4 is 27.0 Å². The second kappa shape index (κ2) is 29.1. The SMILES string of the molecule is N[C@@H]1C[C@H](NC(=O)OCc2ccccc2)[C@@H](O[C@H]2O[C@H](CI)C=C[C@H]2NC(=O)OCc2ccccc2)[C@H](O[C@@H]2O[C@H](CO)[C@@H](O[C@H]3O[C@@H](CNC(=O)OCc4ccccc4)C=C[C@H]3NC(=O)OCc3ccccc3)[C@H]2O)[C@H]1O. The van der Waals surface area contributed by atoms with Crippen LogP contribution in [0.15, 0.2) is 146 Å². The first-order chi connectivity index (χ1) is 37.9. The minimum Gasteiger partial charge on any atom is -0.445 e. The quantitative estimate of drug-likeness (QED) is 0.0252. The maximum atomic E-state index is 13.6. The van der Waals surface area contributed by atoms with Gasteiger partial charge in [-0.1, -0.05) is 168 Å². The largest absolute Gasteiger partial charge is 0.445 e. The standard InChI is InChI=1S/C55H64IN5O17/c56-26-37-21-23-40(59-53(66)70-30-34-15-7-2-8-16-34)49(73-37)76-46-42(61-55(68)72-32-36-19-11-4-12-20-36)25-39(57)44(63)48(46)78-51-45(64)47(43(28-62)75-51)77-50-41(60-54(67)71-31-35-17-9-3-10-18-35)24-22-38(74-50)27-58-52(65)69-29-33-13-5-1-6-14-33/h1-24,37-51,62-64H,25-32,57H2,(H,58,65)(H,59,66)(H,60,67)(H,61,68)/t37-,38+,39+,40+,41+,42-,43+,44-,45+,46+,47+,48+,49+,50+,51-/m0/s1. The van der Waals surface area contributed by atoms with E-state index in [0.29, 0.717) is 9.99 Å². The molecule has 8 rings (SSSR count). The second-order valence-corrected chi connectivity index (χ2v) is 19.5. The Balaban J connectivity index is 0.997. The van der Waals surface area contributed by atoms with Crippen molar-refractivity contribution >= 4 is 47.0 Å². The number of hydrogen-bond acceptors (Lipinski definition) is 18. The highest BCUT2D eigenvalue weighted by molar-refractivity contribution is 14.1. The number of ether oxygens (including phenoxy) is 10. The fraction of sp³-hybridized carbons (Fsp3) is 0.418. The first-order valence-corrected chi connectivity index (χ1v) is 26.9. The molecule has 4 aromatic carbocycles. The Labute approximate surface area is 463 Å². The van der Waals surface area contributed by atoms with E-state index in [4.69, 9.17) is 53.1 Å². The van der Waals surface area contributed by atoms with Gasteiger partial charge in [-0.15, -0.1) is 0 Å². The van der Waals surface area contributed by atoms with Crippen LogP contribution in [-0.4, -0.2) is 149 Å². The van der Waals surface area contributed by atoms with E-state index in [0.717, 1.165) is 16.7 Å². The Morgan fingerprint density at radius 2 is 0.949 bits per heavy atom. The van der Waals surface area contributed by atoms with E-state index in [1.807, 2.05) is 60.7 Å². The number of halogens is 1. The molecule has 0 spiro atoms. The van der Waals surface area contributed by atoms with Crippen LogP contribution in [0.3, 0.4) is 0 Å². The lowest BCUT2D eigenvalue weighted by atomic mass is 9.84. The number of carbonyl (C=O) groups is 4. The molecule has 22 nitrogen and oxygen atoms in total. The number of nitrogens with one attached hydrogen (secondary N) is 4. The van der Waals surface area contributed by atoms with Gasteiger partial charge in [0, 0.05) is 10.5 Å². The zero-order valence-corrected chi connectivity index (χ0v) is 44.3. The van der Waals surface area contributed by atoms with E-state index in [-0.39, 0.29) is 39.4 Å². The minimum atomic E-state index is -1.74. The van der Waals surface area contributed by atoms with Crippen molar-refractivity contribution in [2.75, 3.05) is 17.6 Å². The summed E-state index contributed by atoms with van der Waals surface area (Å²) in [6.45, 7) is -0.972. The lowest BCUT2D eigenvalue weighted by molar-refractivity contribution is -0.280. The van der Waals surface area contributed by atoms with Crippen molar-refractivity contribution in [1.82, 2.24) is 21.3 Å². The third-order valence-electron chi connectivity index (χ3n) is 13.0. The van der Waals surface area contributed by atoms with Gasteiger partial charge in [0.15, 0.2) is 18.9 Å². The molecular formula is C55H64IN5O17. The number of rotatable bonds is 21. The Bertz CT molecular complexity index is 2580. The van der Waals surface area contributed by atoms with Gasteiger partial charge in [0.25, 0.3) is 0 Å². The Hall–Kier alpha value is -6.23. The molecule has 3 aliphatic heterocycles. The van der Waals surface area contributed by atoms with Crippen LogP contribution in [0.4, 0.5) is 19.2 Å². The van der Waals surface area contributed by atoms with Crippen LogP contribution in [0.1, 0.15) is 28.7 Å². The maximum Gasteiger partial charge on any atom is 0.408 e. The summed E-state index contributed by atoms with van der Waals surface area (Å²) in [4.78, 5) is 52.8. The Morgan fingerprint density at radius 3 is 1.42 bits per heavy atom. The smallest absolute Gasteiger partial charge is 0.408 e. The molecule has 4 amide bonds. The number of amides is 4. The van der Waals surface area contributed by atoms with Crippen molar-refractivity contribution in [2.45, 2.75) is 125 Å². The molecule has 1 saturated carbocycles. The number of carbonyl (C=O) groups excluding carboxylic acids is 4. The molecule has 4 aromatic rings. The molecule has 1 saturated heterocycles. The van der Waals surface area contributed by atoms with Gasteiger partial charge < -0.3 is 89.7 Å². The normalized spacial score (nSPS) is 29.4. The number of alkyl halides is 1. The van der Waals surface area contributed by atoms with E-state index >= 15 is 0 Å². The van der Waals surface area contributed by atoms with Crippen molar-refractivity contribution in [2.24, 2.45) is 5.73 Å². The monoisotopic (exact) mass is 1190 g/mol. The maximum absolute atomic E-state index is 13.6. The van der Waals surface area contributed by atoms with Crippen LogP contribution in [0, 0.1) is 0 Å². The highest BCUT2D eigenvalue weighted by Gasteiger charge is 2.53. The molecule has 0 radical (unpaired) electrons. The summed E-state index contributed by atoms with van der Waals surface area (Å²) in [5, 5.41) is 45.7. The summed E-state index contributed by atoms with van der Waals surface area (Å²) >= 11 is 2.13. The summed E-state index contributed by atoms with van der Waals surface area (Å²) in [6.07, 6.45) is -11.3. The summed E-state index contributed by atoms with van der Waals surface area (Å²) in [7, 11) is 0. The van der Waals surface area contributed by atoms with E-state index in [2.05, 4.69) is 43.9 Å². The number of aliphatic hydroxyl groups is 3. The van der Waals surface area contributed by atoms with Gasteiger partial charge in [-0.05, 0) is 28.7 Å². The number of benzene rings is 4. The van der Waals surface area contributed by atoms with Crippen LogP contribution in [0.2, 0.25) is 0 Å². The van der Waals surface area contributed by atoms with E-state index in [9.17, 15) is 34.5 Å². The van der Waals surface area contributed by atoms with Crippen molar-refractivity contribution < 1.29 is 81.9 Å². The zero-order chi connectivity index (χ0) is 54.8. The van der Waals surface area contributed by atoms with Crippen molar-refractivity contribution in [3.05, 3.63) is 168 Å². The Morgan fingerprint density at radius 1 is 0.526 bits per heavy atom. The van der Waals surface area contributed by atoms with Crippen molar-refractivity contribution in [3.8, 4) is 0 Å². The van der Waals surface area contributed by atoms with Gasteiger partial charge in [0.2, 0.25) is 0 Å². The fourth-order valence-electron chi connectivity index (χ4n) is 8.92. The van der Waals surface area contributed by atoms with Crippen LogP contribution in [-0.2, 0) is 73.8 Å². The molecule has 78 heavy (non-hydrogen) atoms. The highest BCUT2D eigenvalue weighted by Crippen LogP contribution is 2.34. The summed E-state index contributed by atoms with van der Waals surface area (Å²) in [6, 6.07) is 32.0. The van der Waals surface area contributed by atoms with Gasteiger partial charge in [-0.25, -0.2) is 19.2 Å². The zero-order valence-electron chi connectivity index (χ0n) is 42.2. The lowest BCUT2D eigenvalue weighted by Gasteiger charge is -2.46. The molecule has 3 heterocycles. The predicted octanol–water partition coefficient (Wildman–Crippen LogP) is 4.12. The number of aliphatic hydroxyl groups excluding tert-OH is 3. The first-order valence-electron chi connectivity index (χ1n) is 25.4. The van der Waals surface area contributed by atoms with Crippen molar-refractivity contribution in [1.29, 1.82) is 0 Å². The van der Waals surface area contributed by atoms with Gasteiger partial charge in [0.05, 0.1) is 37.5 Å². The third-order valence-corrected chi connectivity index (χ3v) is 13.8. The molecule has 2 fully saturated rings. The molecule has 0 unspecified atom stereocenters. The summed E-state index contributed by atoms with van der Waals surface area (Å²) in [5.74, 6) is 0. The highest BCUT2D eigenvalue weighted by atomic mass is 127. The van der Waals surface area contributed by atoms with Crippen LogP contribution >= 0.6 is 22.6 Å². The van der Waals surface area contributed by atoms with Crippen LogP contribution in [0.5, 0.6) is 0 Å². The lowest BCUT2D eigenvalue weighted by Crippen LogP contribution is -2.66. The topological polar surface area (TPSA) is 295 Å². The van der Waals surface area contributed by atoms with E-state index in [1.165, 1.54) is 0 Å². The molecule has 0 bridgehead atoms. The summed E-state index contributed by atoms with van der Waals surface area (Å²) < 4.78 is 60.6. The molecule has 418 valence electrons. The van der Waals surface area contributed by atoms with Gasteiger partial charge >= 0.3 is 24.4 Å². The Kier molecular flexibility index (Phi) is 21.6. The van der Waals surface area contributed by atoms with Gasteiger partial charge in [0.1, 0.15) is 69.0 Å². The molecule has 0 aromatic heterocycles. The average Bonchev–Trinajstić information content (AvgIpc) is 3.84. The second-order valence-electron chi connectivity index (χ2n) is 18.6. The number of nitrogens with two attached hydrogens (primary N) is 1. The average molecular weight is 1190 g/mol. The molecule has 9 N–H and O–H groups in total. The molecule has 1 aliphatic carbocycles. The molecule has 23 heteroatoms. The van der Waals surface area contributed by atoms with Gasteiger partial charge in [-0.2, -0.15) is 0 Å². The number of alkyl carbamates (subject to hydrolysis) is 4. The fourth-order valence-corrected chi connectivity index (χ4v) is 9.42. The molecular weight excluding hydrogens is 1130 g/mol. The van der Waals surface area contributed by atoms with Crippen LogP contribution in [0.25, 0.3) is 0 Å². The molecule has 4 aliphatic rings. The van der Waals surface area contributed by atoms with E-state index < -0.39 is 123 Å². The van der Waals surface area contributed by atoms with Crippen molar-refractivity contribution in [3.63, 3.8) is 0 Å². The van der Waals surface area contributed by atoms with Gasteiger partial charge in [-0.3, -0.25) is 0 Å². The van der Waals surface area contributed by atoms with E-state index in [1.54, 1.807) is 85.0 Å². The predicted molar refractivity (Wildman–Crippen MR) is 285 cm³/mol. The minimum absolute atomic E-state index is 0.0197.